The predicted molar refractivity (Wildman–Crippen MR) is 135 cm³/mol. The molecule has 0 aliphatic rings. The summed E-state index contributed by atoms with van der Waals surface area (Å²) >= 11 is 1.40. The van der Waals surface area contributed by atoms with Gasteiger partial charge in [-0.2, -0.15) is 0 Å². The Bertz CT molecular complexity index is 1280. The van der Waals surface area contributed by atoms with Crippen LogP contribution in [-0.4, -0.2) is 26.4 Å². The van der Waals surface area contributed by atoms with Crippen LogP contribution in [-0.2, 0) is 11.2 Å². The minimum absolute atomic E-state index is 0.0671. The van der Waals surface area contributed by atoms with Crippen molar-refractivity contribution in [2.75, 3.05) is 11.1 Å². The van der Waals surface area contributed by atoms with Crippen LogP contribution in [0.25, 0.3) is 5.69 Å². The number of aryl methyl sites for hydroxylation is 4. The van der Waals surface area contributed by atoms with E-state index in [2.05, 4.69) is 71.2 Å². The third kappa shape index (κ3) is 5.52. The van der Waals surface area contributed by atoms with Gasteiger partial charge in [-0.25, -0.2) is 0 Å². The highest BCUT2D eigenvalue weighted by molar-refractivity contribution is 7.99. The lowest BCUT2D eigenvalue weighted by Gasteiger charge is -2.12. The molecule has 1 N–H and O–H groups in total. The van der Waals surface area contributed by atoms with E-state index in [1.54, 1.807) is 0 Å². The van der Waals surface area contributed by atoms with Crippen LogP contribution >= 0.6 is 11.8 Å². The molecule has 5 nitrogen and oxygen atoms in total. The molecule has 0 spiro atoms. The summed E-state index contributed by atoms with van der Waals surface area (Å²) in [4.78, 5) is 12.6. The third-order valence-electron chi connectivity index (χ3n) is 5.78. The summed E-state index contributed by atoms with van der Waals surface area (Å²) in [5.41, 5.74) is 7.78. The number of nitrogens with one attached hydrogen (secondary N) is 1. The van der Waals surface area contributed by atoms with Gasteiger partial charge in [-0.1, -0.05) is 54.2 Å². The molecule has 3 aromatic carbocycles. The first kappa shape index (κ1) is 22.8. The highest BCUT2D eigenvalue weighted by atomic mass is 32.2. The van der Waals surface area contributed by atoms with E-state index in [9.17, 15) is 4.79 Å². The molecule has 0 aliphatic heterocycles. The van der Waals surface area contributed by atoms with Gasteiger partial charge >= 0.3 is 0 Å². The first-order chi connectivity index (χ1) is 15.9. The first-order valence-electron chi connectivity index (χ1n) is 11.0. The van der Waals surface area contributed by atoms with Crippen molar-refractivity contribution in [1.82, 2.24) is 14.8 Å². The monoisotopic (exact) mass is 456 g/mol. The average molecular weight is 457 g/mol. The molecule has 168 valence electrons. The lowest BCUT2D eigenvalue weighted by atomic mass is 10.1. The number of nitrogens with zero attached hydrogens (tertiary/aromatic N) is 3. The minimum atomic E-state index is -0.0671. The summed E-state index contributed by atoms with van der Waals surface area (Å²) in [7, 11) is 0. The second kappa shape index (κ2) is 10.0. The molecule has 0 unspecified atom stereocenters. The quantitative estimate of drug-likeness (QED) is 0.356. The van der Waals surface area contributed by atoms with E-state index in [-0.39, 0.29) is 11.7 Å². The number of benzene rings is 3. The second-order valence-corrected chi connectivity index (χ2v) is 9.24. The fourth-order valence-corrected chi connectivity index (χ4v) is 4.33. The molecule has 0 aliphatic carbocycles. The van der Waals surface area contributed by atoms with Gasteiger partial charge < -0.3 is 5.32 Å². The van der Waals surface area contributed by atoms with Gasteiger partial charge in [0, 0.05) is 17.8 Å². The standard InChI is InChI=1S/C27H28N4OS/c1-18-10-12-23(14-20(18)3)28-26(32)17-33-27-30-29-25(16-22-8-6-5-7-9-22)31(27)24-13-11-19(2)21(4)15-24/h5-15H,16-17H2,1-4H3,(H,28,32). The van der Waals surface area contributed by atoms with Crippen LogP contribution in [0.5, 0.6) is 0 Å². The Morgan fingerprint density at radius 1 is 0.848 bits per heavy atom. The van der Waals surface area contributed by atoms with Crippen molar-refractivity contribution in [1.29, 1.82) is 0 Å². The molecular weight excluding hydrogens is 428 g/mol. The summed E-state index contributed by atoms with van der Waals surface area (Å²) in [6.45, 7) is 8.30. The molecule has 1 heterocycles. The van der Waals surface area contributed by atoms with Gasteiger partial charge in [-0.05, 0) is 79.8 Å². The van der Waals surface area contributed by atoms with Crippen LogP contribution < -0.4 is 5.32 Å². The van der Waals surface area contributed by atoms with Gasteiger partial charge in [-0.15, -0.1) is 10.2 Å². The van der Waals surface area contributed by atoms with E-state index < -0.39 is 0 Å². The summed E-state index contributed by atoms with van der Waals surface area (Å²) in [6, 6.07) is 22.5. The number of thioether (sulfide) groups is 1. The number of hydrogen-bond donors (Lipinski definition) is 1. The third-order valence-corrected chi connectivity index (χ3v) is 6.71. The molecule has 4 rings (SSSR count). The molecule has 0 bridgehead atoms. The largest absolute Gasteiger partial charge is 0.325 e. The summed E-state index contributed by atoms with van der Waals surface area (Å²) in [5.74, 6) is 1.03. The maximum Gasteiger partial charge on any atom is 0.234 e. The number of aromatic nitrogens is 3. The van der Waals surface area contributed by atoms with E-state index in [0.717, 1.165) is 22.8 Å². The maximum absolute atomic E-state index is 12.6. The molecule has 0 saturated heterocycles. The Morgan fingerprint density at radius 2 is 1.55 bits per heavy atom. The van der Waals surface area contributed by atoms with Crippen molar-refractivity contribution in [2.24, 2.45) is 0 Å². The topological polar surface area (TPSA) is 59.8 Å². The molecular formula is C27H28N4OS. The van der Waals surface area contributed by atoms with Gasteiger partial charge in [0.05, 0.1) is 5.75 Å². The Balaban J connectivity index is 1.57. The molecule has 0 fully saturated rings. The Hall–Kier alpha value is -3.38. The zero-order chi connectivity index (χ0) is 23.4. The van der Waals surface area contributed by atoms with Crippen molar-refractivity contribution in [3.63, 3.8) is 0 Å². The molecule has 0 atom stereocenters. The fourth-order valence-electron chi connectivity index (χ4n) is 3.56. The highest BCUT2D eigenvalue weighted by Gasteiger charge is 2.17. The zero-order valence-electron chi connectivity index (χ0n) is 19.4. The van der Waals surface area contributed by atoms with Crippen molar-refractivity contribution in [2.45, 2.75) is 39.3 Å². The van der Waals surface area contributed by atoms with Gasteiger partial charge in [0.15, 0.2) is 5.16 Å². The van der Waals surface area contributed by atoms with Crippen molar-refractivity contribution >= 4 is 23.4 Å². The van der Waals surface area contributed by atoms with Crippen LogP contribution in [0.1, 0.15) is 33.6 Å². The number of carbonyl (C=O) groups excluding carboxylic acids is 1. The molecule has 0 saturated carbocycles. The minimum Gasteiger partial charge on any atom is -0.325 e. The van der Waals surface area contributed by atoms with Crippen LogP contribution in [0.3, 0.4) is 0 Å². The van der Waals surface area contributed by atoms with Crippen molar-refractivity contribution < 1.29 is 4.79 Å². The number of anilines is 1. The molecule has 6 heteroatoms. The fraction of sp³-hybridized carbons (Fsp3) is 0.222. The average Bonchev–Trinajstić information content (AvgIpc) is 3.20. The maximum atomic E-state index is 12.6. The van der Waals surface area contributed by atoms with Gasteiger partial charge in [0.2, 0.25) is 5.91 Å². The predicted octanol–water partition coefficient (Wildman–Crippen LogP) is 5.82. The van der Waals surface area contributed by atoms with Crippen molar-refractivity contribution in [3.8, 4) is 5.69 Å². The van der Waals surface area contributed by atoms with E-state index in [1.807, 2.05) is 43.3 Å². The van der Waals surface area contributed by atoms with E-state index in [0.29, 0.717) is 11.6 Å². The second-order valence-electron chi connectivity index (χ2n) is 8.30. The molecule has 1 aromatic heterocycles. The summed E-state index contributed by atoms with van der Waals surface area (Å²) in [6.07, 6.45) is 0.663. The van der Waals surface area contributed by atoms with Crippen LogP contribution in [0.15, 0.2) is 71.9 Å². The lowest BCUT2D eigenvalue weighted by Crippen LogP contribution is -2.15. The van der Waals surface area contributed by atoms with E-state index in [1.165, 1.54) is 34.0 Å². The van der Waals surface area contributed by atoms with E-state index in [4.69, 9.17) is 0 Å². The number of amides is 1. The first-order valence-corrected chi connectivity index (χ1v) is 11.9. The van der Waals surface area contributed by atoms with Crippen LogP contribution in [0.4, 0.5) is 5.69 Å². The number of rotatable bonds is 7. The highest BCUT2D eigenvalue weighted by Crippen LogP contribution is 2.25. The van der Waals surface area contributed by atoms with Gasteiger partial charge in [0.25, 0.3) is 0 Å². The molecule has 4 aromatic rings. The zero-order valence-corrected chi connectivity index (χ0v) is 20.2. The Kier molecular flexibility index (Phi) is 6.94. The Morgan fingerprint density at radius 3 is 2.24 bits per heavy atom. The van der Waals surface area contributed by atoms with Crippen LogP contribution in [0, 0.1) is 27.7 Å². The van der Waals surface area contributed by atoms with Gasteiger partial charge in [-0.3, -0.25) is 9.36 Å². The smallest absolute Gasteiger partial charge is 0.234 e. The van der Waals surface area contributed by atoms with Gasteiger partial charge in [0.1, 0.15) is 5.82 Å². The van der Waals surface area contributed by atoms with Crippen molar-refractivity contribution in [3.05, 3.63) is 100 Å². The Labute approximate surface area is 199 Å². The van der Waals surface area contributed by atoms with Crippen LogP contribution in [0.2, 0.25) is 0 Å². The lowest BCUT2D eigenvalue weighted by molar-refractivity contribution is -0.113. The SMILES string of the molecule is Cc1ccc(NC(=O)CSc2nnc(Cc3ccccc3)n2-c2ccc(C)c(C)c2)cc1C. The normalized spacial score (nSPS) is 10.9. The number of carbonyl (C=O) groups is 1. The molecule has 1 amide bonds. The molecule has 0 radical (unpaired) electrons. The summed E-state index contributed by atoms with van der Waals surface area (Å²) < 4.78 is 2.06. The number of hydrogen-bond acceptors (Lipinski definition) is 4. The molecule has 33 heavy (non-hydrogen) atoms. The van der Waals surface area contributed by atoms with E-state index >= 15 is 0 Å². The summed E-state index contributed by atoms with van der Waals surface area (Å²) in [5, 5.41) is 12.6.